The average Bonchev–Trinajstić information content (AvgIpc) is 3.08. The van der Waals surface area contributed by atoms with Crippen molar-refractivity contribution >= 4 is 17.3 Å². The molecule has 0 spiro atoms. The van der Waals surface area contributed by atoms with Crippen LogP contribution in [0.4, 0.5) is 24.5 Å². The van der Waals surface area contributed by atoms with Crippen LogP contribution in [0.25, 0.3) is 0 Å². The molecule has 3 aromatic rings. The van der Waals surface area contributed by atoms with Crippen molar-refractivity contribution in [1.29, 1.82) is 0 Å². The van der Waals surface area contributed by atoms with Gasteiger partial charge in [-0.05, 0) is 50.2 Å². The Morgan fingerprint density at radius 3 is 2.42 bits per heavy atom. The van der Waals surface area contributed by atoms with Crippen molar-refractivity contribution in [3.05, 3.63) is 64.5 Å². The van der Waals surface area contributed by atoms with Gasteiger partial charge in [0.2, 0.25) is 0 Å². The summed E-state index contributed by atoms with van der Waals surface area (Å²) < 4.78 is 55.7. The van der Waals surface area contributed by atoms with Gasteiger partial charge in [-0.2, -0.15) is 13.2 Å². The second-order valence-electron chi connectivity index (χ2n) is 7.54. The summed E-state index contributed by atoms with van der Waals surface area (Å²) in [5.41, 5.74) is 1.32. The number of anilines is 2. The lowest BCUT2D eigenvalue weighted by molar-refractivity contribution is -0.137. The molecule has 1 N–H and O–H groups in total. The Kier molecular flexibility index (Phi) is 6.85. The molecule has 1 heterocycles. The number of nitrogens with one attached hydrogen (secondary N) is 1. The number of hydrogen-bond donors (Lipinski definition) is 1. The first-order valence-electron chi connectivity index (χ1n) is 9.93. The third-order valence-electron chi connectivity index (χ3n) is 5.03. The molecule has 10 heteroatoms. The number of methoxy groups -OCH3 is 1. The van der Waals surface area contributed by atoms with Crippen LogP contribution >= 0.6 is 0 Å². The average molecular weight is 463 g/mol. The number of ether oxygens (including phenoxy) is 2. The van der Waals surface area contributed by atoms with E-state index in [4.69, 9.17) is 14.0 Å². The first-order valence-corrected chi connectivity index (χ1v) is 9.93. The molecule has 0 saturated carbocycles. The summed E-state index contributed by atoms with van der Waals surface area (Å²) in [4.78, 5) is 14.4. The first-order chi connectivity index (χ1) is 15.5. The third kappa shape index (κ3) is 5.39. The molecule has 0 aliphatic carbocycles. The fourth-order valence-corrected chi connectivity index (χ4v) is 3.18. The smallest absolute Gasteiger partial charge is 0.416 e. The number of rotatable bonds is 7. The molecule has 0 atom stereocenters. The minimum atomic E-state index is -4.53. The van der Waals surface area contributed by atoms with Gasteiger partial charge in [0.25, 0.3) is 5.91 Å². The van der Waals surface area contributed by atoms with Crippen LogP contribution in [0.1, 0.15) is 32.9 Å². The molecule has 0 aliphatic heterocycles. The van der Waals surface area contributed by atoms with Crippen LogP contribution in [0.5, 0.6) is 11.5 Å². The SMILES string of the molecule is COc1cc(C(=O)Nc2cc(C(F)(F)F)ccc2N(C)C)ccc1OCc1c(C)noc1C. The maximum Gasteiger partial charge on any atom is 0.416 e. The zero-order valence-corrected chi connectivity index (χ0v) is 18.8. The zero-order valence-electron chi connectivity index (χ0n) is 18.8. The van der Waals surface area contributed by atoms with Crippen molar-refractivity contribution < 1.29 is 32.0 Å². The largest absolute Gasteiger partial charge is 0.493 e. The predicted octanol–water partition coefficient (Wildman–Crippen LogP) is 5.22. The molecule has 1 aromatic heterocycles. The minimum absolute atomic E-state index is 0.0394. The molecule has 33 heavy (non-hydrogen) atoms. The molecule has 0 unspecified atom stereocenters. The molecule has 0 fully saturated rings. The number of benzene rings is 2. The lowest BCUT2D eigenvalue weighted by Crippen LogP contribution is -2.18. The van der Waals surface area contributed by atoms with Gasteiger partial charge in [-0.3, -0.25) is 4.79 Å². The molecule has 7 nitrogen and oxygen atoms in total. The summed E-state index contributed by atoms with van der Waals surface area (Å²) in [5.74, 6) is 0.738. The van der Waals surface area contributed by atoms with Gasteiger partial charge in [0, 0.05) is 19.7 Å². The van der Waals surface area contributed by atoms with Crippen LogP contribution < -0.4 is 19.7 Å². The number of amides is 1. The van der Waals surface area contributed by atoms with Crippen LogP contribution in [0, 0.1) is 13.8 Å². The number of alkyl halides is 3. The summed E-state index contributed by atoms with van der Waals surface area (Å²) in [6.07, 6.45) is -4.53. The highest BCUT2D eigenvalue weighted by molar-refractivity contribution is 6.06. The fraction of sp³-hybridized carbons (Fsp3) is 0.304. The molecule has 3 rings (SSSR count). The van der Waals surface area contributed by atoms with Crippen LogP contribution in [0.15, 0.2) is 40.9 Å². The van der Waals surface area contributed by atoms with Crippen molar-refractivity contribution in [2.75, 3.05) is 31.4 Å². The van der Waals surface area contributed by atoms with Crippen LogP contribution in [0.3, 0.4) is 0 Å². The number of aryl methyl sites for hydroxylation is 2. The quantitative estimate of drug-likeness (QED) is 0.518. The second kappa shape index (κ2) is 9.43. The Labute approximate surface area is 189 Å². The number of carbonyl (C=O) groups is 1. The number of carbonyl (C=O) groups excluding carboxylic acids is 1. The topological polar surface area (TPSA) is 76.8 Å². The monoisotopic (exact) mass is 463 g/mol. The third-order valence-corrected chi connectivity index (χ3v) is 5.03. The summed E-state index contributed by atoms with van der Waals surface area (Å²) in [6, 6.07) is 7.71. The van der Waals surface area contributed by atoms with E-state index >= 15 is 0 Å². The molecule has 176 valence electrons. The zero-order chi connectivity index (χ0) is 24.3. The maximum absolute atomic E-state index is 13.2. The molecule has 0 radical (unpaired) electrons. The van der Waals surface area contributed by atoms with E-state index in [-0.39, 0.29) is 17.9 Å². The van der Waals surface area contributed by atoms with Gasteiger partial charge in [-0.25, -0.2) is 0 Å². The fourth-order valence-electron chi connectivity index (χ4n) is 3.18. The summed E-state index contributed by atoms with van der Waals surface area (Å²) >= 11 is 0. The normalized spacial score (nSPS) is 11.3. The number of halogens is 3. The van der Waals surface area contributed by atoms with Crippen molar-refractivity contribution in [2.24, 2.45) is 0 Å². The van der Waals surface area contributed by atoms with Gasteiger partial charge in [0.15, 0.2) is 11.5 Å². The highest BCUT2D eigenvalue weighted by atomic mass is 19.4. The molecule has 0 aliphatic rings. The second-order valence-corrected chi connectivity index (χ2v) is 7.54. The van der Waals surface area contributed by atoms with E-state index in [1.54, 1.807) is 38.9 Å². The van der Waals surface area contributed by atoms with Crippen molar-refractivity contribution in [1.82, 2.24) is 5.16 Å². The summed E-state index contributed by atoms with van der Waals surface area (Å²) in [5, 5.41) is 6.44. The van der Waals surface area contributed by atoms with Crippen molar-refractivity contribution in [2.45, 2.75) is 26.6 Å². The Balaban J connectivity index is 1.83. The Morgan fingerprint density at radius 1 is 1.12 bits per heavy atom. The van der Waals surface area contributed by atoms with Gasteiger partial charge in [0.05, 0.1) is 35.3 Å². The maximum atomic E-state index is 13.2. The van der Waals surface area contributed by atoms with Gasteiger partial charge in [-0.15, -0.1) is 0 Å². The van der Waals surface area contributed by atoms with Gasteiger partial charge in [-0.1, -0.05) is 5.16 Å². The van der Waals surface area contributed by atoms with E-state index in [2.05, 4.69) is 10.5 Å². The molecule has 0 saturated heterocycles. The van der Waals surface area contributed by atoms with Crippen molar-refractivity contribution in [3.8, 4) is 11.5 Å². The van der Waals surface area contributed by atoms with E-state index in [9.17, 15) is 18.0 Å². The summed E-state index contributed by atoms with van der Waals surface area (Å²) in [7, 11) is 4.77. The van der Waals surface area contributed by atoms with E-state index in [0.717, 1.165) is 17.7 Å². The van der Waals surface area contributed by atoms with Crippen molar-refractivity contribution in [3.63, 3.8) is 0 Å². The van der Waals surface area contributed by atoms with E-state index in [0.29, 0.717) is 28.6 Å². The van der Waals surface area contributed by atoms with Gasteiger partial charge in [0.1, 0.15) is 12.4 Å². The standard InChI is InChI=1S/C23H24F3N3O4/c1-13-17(14(2)33-28-13)12-32-20-9-6-15(10-21(20)31-5)22(30)27-18-11-16(23(24,25)26)7-8-19(18)29(3)4/h6-11H,12H2,1-5H3,(H,27,30). The Bertz CT molecular complexity index is 1140. The lowest BCUT2D eigenvalue weighted by Gasteiger charge is -2.20. The molecule has 1 amide bonds. The molecule has 2 aromatic carbocycles. The number of nitrogens with zero attached hydrogens (tertiary/aromatic N) is 2. The Hall–Kier alpha value is -3.69. The lowest BCUT2D eigenvalue weighted by atomic mass is 10.1. The molecular weight excluding hydrogens is 439 g/mol. The van der Waals surface area contributed by atoms with E-state index in [1.165, 1.54) is 25.3 Å². The van der Waals surface area contributed by atoms with Crippen LogP contribution in [0.2, 0.25) is 0 Å². The van der Waals surface area contributed by atoms with E-state index in [1.807, 2.05) is 0 Å². The van der Waals surface area contributed by atoms with E-state index < -0.39 is 17.6 Å². The van der Waals surface area contributed by atoms with Crippen LogP contribution in [-0.2, 0) is 12.8 Å². The first kappa shape index (κ1) is 24.0. The molecular formula is C23H24F3N3O4. The van der Waals surface area contributed by atoms with Crippen LogP contribution in [-0.4, -0.2) is 32.3 Å². The number of aromatic nitrogens is 1. The Morgan fingerprint density at radius 2 is 1.85 bits per heavy atom. The summed E-state index contributed by atoms with van der Waals surface area (Å²) in [6.45, 7) is 3.77. The van der Waals surface area contributed by atoms with Gasteiger partial charge < -0.3 is 24.2 Å². The highest BCUT2D eigenvalue weighted by Gasteiger charge is 2.31. The van der Waals surface area contributed by atoms with Gasteiger partial charge >= 0.3 is 6.18 Å². The molecule has 0 bridgehead atoms. The predicted molar refractivity (Wildman–Crippen MR) is 117 cm³/mol. The number of hydrogen-bond acceptors (Lipinski definition) is 6. The minimum Gasteiger partial charge on any atom is -0.493 e. The highest BCUT2D eigenvalue weighted by Crippen LogP contribution is 2.35.